The molecule has 0 saturated heterocycles. The number of benzene rings is 1. The molecule has 4 aromatic rings. The molecule has 4 rings (SSSR count). The molecule has 7 nitrogen and oxygen atoms in total. The van der Waals surface area contributed by atoms with E-state index < -0.39 is 0 Å². The molecule has 0 amide bonds. The molecule has 152 valence electrons. The van der Waals surface area contributed by atoms with Crippen molar-refractivity contribution in [1.29, 1.82) is 0 Å². The number of rotatable bonds is 5. The van der Waals surface area contributed by atoms with E-state index in [0.29, 0.717) is 33.3 Å². The van der Waals surface area contributed by atoms with Crippen molar-refractivity contribution < 1.29 is 4.74 Å². The number of ether oxygens (including phenoxy) is 1. The van der Waals surface area contributed by atoms with E-state index in [-0.39, 0.29) is 11.6 Å². The van der Waals surface area contributed by atoms with E-state index in [9.17, 15) is 4.79 Å². The van der Waals surface area contributed by atoms with Gasteiger partial charge in [-0.15, -0.1) is 0 Å². The van der Waals surface area contributed by atoms with Crippen LogP contribution in [0, 0.1) is 0 Å². The first kappa shape index (κ1) is 20.0. The Morgan fingerprint density at radius 1 is 1.07 bits per heavy atom. The highest BCUT2D eigenvalue weighted by Gasteiger charge is 2.12. The predicted molar refractivity (Wildman–Crippen MR) is 121 cm³/mol. The van der Waals surface area contributed by atoms with Gasteiger partial charge < -0.3 is 10.1 Å². The van der Waals surface area contributed by atoms with E-state index in [1.54, 1.807) is 31.6 Å². The lowest BCUT2D eigenvalue weighted by molar-refractivity contribution is 0.482. The third-order valence-electron chi connectivity index (χ3n) is 4.46. The minimum absolute atomic E-state index is 0.150. The molecule has 1 N–H and O–H groups in total. The van der Waals surface area contributed by atoms with Crippen LogP contribution in [-0.2, 0) is 7.05 Å². The lowest BCUT2D eigenvalue weighted by atomic mass is 10.1. The average Bonchev–Trinajstić information content (AvgIpc) is 2.71. The number of nitrogens with one attached hydrogen (secondary N) is 1. The van der Waals surface area contributed by atoms with E-state index in [4.69, 9.17) is 4.74 Å². The third-order valence-corrected chi connectivity index (χ3v) is 4.89. The first-order valence-electron chi connectivity index (χ1n) is 9.44. The minimum Gasteiger partial charge on any atom is -0.457 e. The Labute approximate surface area is 181 Å². The highest BCUT2D eigenvalue weighted by atomic mass is 79.9. The van der Waals surface area contributed by atoms with Crippen LogP contribution < -0.4 is 15.6 Å². The summed E-state index contributed by atoms with van der Waals surface area (Å²) in [6.07, 6.45) is 3.24. The summed E-state index contributed by atoms with van der Waals surface area (Å²) in [6.45, 7) is 3.99. The molecule has 8 heteroatoms. The Morgan fingerprint density at radius 2 is 1.87 bits per heavy atom. The SMILES string of the molecule is CC(C)Nc1ncc(-c2ccc3cc(Oc4ccnc(Br)c4)ccc3n2)c(=O)n1C. The molecule has 0 bridgehead atoms. The molecule has 0 aliphatic carbocycles. The standard InChI is InChI=1S/C22H20BrN5O2/c1-13(2)26-22-25-12-17(21(29)28(22)3)19-6-4-14-10-15(5-7-18(14)27-19)30-16-8-9-24-20(23)11-16/h4-13H,1-3H3,(H,25,26). The van der Waals surface area contributed by atoms with Crippen molar-refractivity contribution in [3.8, 4) is 22.8 Å². The summed E-state index contributed by atoms with van der Waals surface area (Å²) in [5.41, 5.74) is 1.65. The Bertz CT molecular complexity index is 1290. The molecule has 0 aliphatic rings. The normalized spacial score (nSPS) is 11.1. The van der Waals surface area contributed by atoms with E-state index >= 15 is 0 Å². The Kier molecular flexibility index (Phi) is 5.50. The second-order valence-corrected chi connectivity index (χ2v) is 7.94. The van der Waals surface area contributed by atoms with Crippen LogP contribution in [-0.4, -0.2) is 25.6 Å². The molecular weight excluding hydrogens is 446 g/mol. The molecule has 0 spiro atoms. The van der Waals surface area contributed by atoms with Crippen LogP contribution >= 0.6 is 15.9 Å². The summed E-state index contributed by atoms with van der Waals surface area (Å²) in [5, 5.41) is 4.07. The number of aromatic nitrogens is 4. The molecule has 0 atom stereocenters. The average molecular weight is 466 g/mol. The van der Waals surface area contributed by atoms with Gasteiger partial charge >= 0.3 is 0 Å². The zero-order valence-corrected chi connectivity index (χ0v) is 18.3. The molecule has 0 saturated carbocycles. The van der Waals surface area contributed by atoms with Gasteiger partial charge in [0, 0.05) is 36.9 Å². The van der Waals surface area contributed by atoms with Gasteiger partial charge in [0.2, 0.25) is 5.95 Å². The summed E-state index contributed by atoms with van der Waals surface area (Å²) >= 11 is 3.33. The van der Waals surface area contributed by atoms with Crippen molar-refractivity contribution in [2.75, 3.05) is 5.32 Å². The van der Waals surface area contributed by atoms with Crippen molar-refractivity contribution >= 4 is 32.8 Å². The molecule has 3 heterocycles. The fraction of sp³-hybridized carbons (Fsp3) is 0.182. The summed E-state index contributed by atoms with van der Waals surface area (Å²) < 4.78 is 8.10. The van der Waals surface area contributed by atoms with Crippen molar-refractivity contribution in [3.05, 3.63) is 69.8 Å². The molecule has 0 fully saturated rings. The van der Waals surface area contributed by atoms with Gasteiger partial charge in [0.05, 0.1) is 16.8 Å². The second kappa shape index (κ2) is 8.23. The molecule has 30 heavy (non-hydrogen) atoms. The van der Waals surface area contributed by atoms with Gasteiger partial charge in [-0.1, -0.05) is 6.07 Å². The summed E-state index contributed by atoms with van der Waals surface area (Å²) in [6, 6.07) is 13.1. The highest BCUT2D eigenvalue weighted by Crippen LogP contribution is 2.27. The molecule has 3 aromatic heterocycles. The third kappa shape index (κ3) is 4.18. The number of hydrogen-bond acceptors (Lipinski definition) is 6. The number of nitrogens with zero attached hydrogens (tertiary/aromatic N) is 4. The molecule has 1 aromatic carbocycles. The maximum Gasteiger partial charge on any atom is 0.264 e. The lowest BCUT2D eigenvalue weighted by Crippen LogP contribution is -2.25. The first-order valence-corrected chi connectivity index (χ1v) is 10.2. The van der Waals surface area contributed by atoms with E-state index in [1.807, 2.05) is 44.2 Å². The zero-order chi connectivity index (χ0) is 21.3. The summed E-state index contributed by atoms with van der Waals surface area (Å²) in [7, 11) is 1.70. The van der Waals surface area contributed by atoms with Gasteiger partial charge in [-0.3, -0.25) is 9.36 Å². The Hall–Kier alpha value is -3.26. The summed E-state index contributed by atoms with van der Waals surface area (Å²) in [4.78, 5) is 25.9. The number of hydrogen-bond donors (Lipinski definition) is 1. The lowest BCUT2D eigenvalue weighted by Gasteiger charge is -2.13. The quantitative estimate of drug-likeness (QED) is 0.427. The van der Waals surface area contributed by atoms with Crippen LogP contribution in [0.4, 0.5) is 5.95 Å². The van der Waals surface area contributed by atoms with Crippen molar-refractivity contribution in [2.45, 2.75) is 19.9 Å². The predicted octanol–water partition coefficient (Wildman–Crippen LogP) is 4.77. The van der Waals surface area contributed by atoms with Crippen molar-refractivity contribution in [1.82, 2.24) is 19.5 Å². The molecule has 0 radical (unpaired) electrons. The maximum absolute atomic E-state index is 12.8. The van der Waals surface area contributed by atoms with Crippen molar-refractivity contribution in [2.24, 2.45) is 7.05 Å². The summed E-state index contributed by atoms with van der Waals surface area (Å²) in [5.74, 6) is 1.91. The first-order chi connectivity index (χ1) is 14.4. The monoisotopic (exact) mass is 465 g/mol. The van der Waals surface area contributed by atoms with E-state index in [2.05, 4.69) is 36.2 Å². The van der Waals surface area contributed by atoms with Gasteiger partial charge in [-0.05, 0) is 60.1 Å². The topological polar surface area (TPSA) is 81.9 Å². The second-order valence-electron chi connectivity index (χ2n) is 7.13. The van der Waals surface area contributed by atoms with E-state index in [1.165, 1.54) is 4.57 Å². The van der Waals surface area contributed by atoms with Gasteiger partial charge in [-0.2, -0.15) is 0 Å². The number of fused-ring (bicyclic) bond motifs is 1. The largest absolute Gasteiger partial charge is 0.457 e. The fourth-order valence-electron chi connectivity index (χ4n) is 3.01. The number of anilines is 1. The van der Waals surface area contributed by atoms with Crippen molar-refractivity contribution in [3.63, 3.8) is 0 Å². The fourth-order valence-corrected chi connectivity index (χ4v) is 3.36. The van der Waals surface area contributed by atoms with Crippen LogP contribution in [0.15, 0.2) is 64.3 Å². The van der Waals surface area contributed by atoms with E-state index in [0.717, 1.165) is 10.9 Å². The van der Waals surface area contributed by atoms with Gasteiger partial charge in [0.15, 0.2) is 0 Å². The zero-order valence-electron chi connectivity index (χ0n) is 16.8. The van der Waals surface area contributed by atoms with Gasteiger partial charge in [0.25, 0.3) is 5.56 Å². The Balaban J connectivity index is 1.66. The van der Waals surface area contributed by atoms with Crippen LogP contribution in [0.25, 0.3) is 22.2 Å². The van der Waals surface area contributed by atoms with Crippen LogP contribution in [0.5, 0.6) is 11.5 Å². The molecular formula is C22H20BrN5O2. The smallest absolute Gasteiger partial charge is 0.264 e. The molecule has 0 unspecified atom stereocenters. The van der Waals surface area contributed by atoms with Crippen LogP contribution in [0.2, 0.25) is 0 Å². The van der Waals surface area contributed by atoms with Gasteiger partial charge in [0.1, 0.15) is 16.1 Å². The minimum atomic E-state index is -0.150. The number of halogens is 1. The van der Waals surface area contributed by atoms with Crippen LogP contribution in [0.3, 0.4) is 0 Å². The van der Waals surface area contributed by atoms with Crippen LogP contribution in [0.1, 0.15) is 13.8 Å². The Morgan fingerprint density at radius 3 is 2.63 bits per heavy atom. The highest BCUT2D eigenvalue weighted by molar-refractivity contribution is 9.10. The number of pyridine rings is 2. The molecule has 0 aliphatic heterocycles. The maximum atomic E-state index is 12.8. The van der Waals surface area contributed by atoms with Gasteiger partial charge in [-0.25, -0.2) is 15.0 Å².